The van der Waals surface area contributed by atoms with Gasteiger partial charge in [-0.15, -0.1) is 0 Å². The van der Waals surface area contributed by atoms with E-state index in [1.165, 1.54) is 21.2 Å². The van der Waals surface area contributed by atoms with Crippen LogP contribution in [0.25, 0.3) is 0 Å². The van der Waals surface area contributed by atoms with Gasteiger partial charge in [-0.2, -0.15) is 0 Å². The third-order valence-electron chi connectivity index (χ3n) is 4.51. The Hall–Kier alpha value is -1.78. The van der Waals surface area contributed by atoms with Crippen molar-refractivity contribution in [3.8, 4) is 0 Å². The summed E-state index contributed by atoms with van der Waals surface area (Å²) >= 11 is 3.61. The molecule has 0 aromatic heterocycles. The van der Waals surface area contributed by atoms with E-state index < -0.39 is 13.7 Å². The Kier molecular flexibility index (Phi) is 6.38. The van der Waals surface area contributed by atoms with Crippen molar-refractivity contribution in [3.63, 3.8) is 0 Å². The van der Waals surface area contributed by atoms with Crippen molar-refractivity contribution < 1.29 is 0 Å². The summed E-state index contributed by atoms with van der Waals surface area (Å²) in [6.45, 7) is 0. The molecule has 0 heterocycles. The van der Waals surface area contributed by atoms with Gasteiger partial charge >= 0.3 is 176 Å². The molecule has 0 radical (unpaired) electrons. The number of nitrogens with one attached hydrogen (secondary N) is 1. The van der Waals surface area contributed by atoms with Crippen LogP contribution in [0.15, 0.2) is 121 Å². The van der Waals surface area contributed by atoms with Crippen molar-refractivity contribution in [3.05, 3.63) is 121 Å². The van der Waals surface area contributed by atoms with Crippen molar-refractivity contribution >= 4 is 50.0 Å². The molecule has 0 aliphatic heterocycles. The molecular formula is C24H21NP2Se. The Balaban J connectivity index is 1.85. The van der Waals surface area contributed by atoms with Crippen LogP contribution in [0, 0.1) is 0 Å². The van der Waals surface area contributed by atoms with Gasteiger partial charge in [0, 0.05) is 0 Å². The van der Waals surface area contributed by atoms with Crippen molar-refractivity contribution in [1.29, 1.82) is 0 Å². The average molecular weight is 464 g/mol. The van der Waals surface area contributed by atoms with Crippen LogP contribution in [0.5, 0.6) is 0 Å². The van der Waals surface area contributed by atoms with Gasteiger partial charge in [0.15, 0.2) is 0 Å². The summed E-state index contributed by atoms with van der Waals surface area (Å²) < 4.78 is 0. The van der Waals surface area contributed by atoms with Gasteiger partial charge in [-0.25, -0.2) is 0 Å². The van der Waals surface area contributed by atoms with Gasteiger partial charge in [0.2, 0.25) is 0 Å². The number of benzene rings is 4. The Labute approximate surface area is 175 Å². The molecule has 0 atom stereocenters. The fourth-order valence-electron chi connectivity index (χ4n) is 3.10. The maximum absolute atomic E-state index is 4.12. The second-order valence-electron chi connectivity index (χ2n) is 6.39. The van der Waals surface area contributed by atoms with Gasteiger partial charge in [0.25, 0.3) is 0 Å². The van der Waals surface area contributed by atoms with Crippen LogP contribution < -0.4 is 26.1 Å². The first-order valence-corrected chi connectivity index (χ1v) is 14.5. The van der Waals surface area contributed by atoms with Gasteiger partial charge in [0.1, 0.15) is 0 Å². The van der Waals surface area contributed by atoms with Crippen LogP contribution in [0.3, 0.4) is 0 Å². The summed E-state index contributed by atoms with van der Waals surface area (Å²) in [6, 6.07) is 43.1. The minimum absolute atomic E-state index is 0.718. The molecule has 0 fully saturated rings. The number of hydrogen-bond donors (Lipinski definition) is 1. The Morgan fingerprint density at radius 3 is 1.18 bits per heavy atom. The van der Waals surface area contributed by atoms with Crippen LogP contribution in [0.1, 0.15) is 0 Å². The zero-order chi connectivity index (χ0) is 19.2. The quantitative estimate of drug-likeness (QED) is 0.332. The van der Waals surface area contributed by atoms with Crippen LogP contribution in [0.2, 0.25) is 0 Å². The van der Waals surface area contributed by atoms with E-state index in [1.807, 2.05) is 0 Å². The fourth-order valence-corrected chi connectivity index (χ4v) is 11.9. The predicted molar refractivity (Wildman–Crippen MR) is 127 cm³/mol. The molecular weight excluding hydrogens is 443 g/mol. The normalized spacial score (nSPS) is 11.5. The molecule has 0 amide bonds. The van der Waals surface area contributed by atoms with E-state index in [9.17, 15) is 0 Å². The zero-order valence-electron chi connectivity index (χ0n) is 15.3. The molecule has 138 valence electrons. The first-order valence-electron chi connectivity index (χ1n) is 9.17. The summed E-state index contributed by atoms with van der Waals surface area (Å²) in [4.78, 5) is 4.12. The van der Waals surface area contributed by atoms with E-state index in [0.717, 1.165) is 0 Å². The van der Waals surface area contributed by atoms with Crippen molar-refractivity contribution in [1.82, 2.24) is 4.86 Å². The Bertz CT molecular complexity index is 972. The molecule has 1 nitrogen and oxygen atoms in total. The van der Waals surface area contributed by atoms with Gasteiger partial charge in [-0.05, 0) is 0 Å². The standard InChI is InChI=1S/C24H21NP2Se/c28-27(23-17-9-3-10-18-23,24-19-11-4-12-20-24)25-26(21-13-5-1-6-14-21)22-15-7-2-8-16-22/h1-20H,(H,25,28). The van der Waals surface area contributed by atoms with Crippen molar-refractivity contribution in [2.75, 3.05) is 0 Å². The third-order valence-corrected chi connectivity index (χ3v) is 14.3. The van der Waals surface area contributed by atoms with E-state index in [1.54, 1.807) is 0 Å². The van der Waals surface area contributed by atoms with E-state index in [-0.39, 0.29) is 0 Å². The molecule has 4 heteroatoms. The maximum atomic E-state index is 4.12. The van der Waals surface area contributed by atoms with Gasteiger partial charge in [-0.1, -0.05) is 0 Å². The van der Waals surface area contributed by atoms with Crippen molar-refractivity contribution in [2.45, 2.75) is 0 Å². The minimum atomic E-state index is -1.91. The van der Waals surface area contributed by atoms with Gasteiger partial charge in [-0.3, -0.25) is 0 Å². The first kappa shape index (κ1) is 19.5. The van der Waals surface area contributed by atoms with Crippen LogP contribution >= 0.6 is 13.7 Å². The third kappa shape index (κ3) is 4.28. The average Bonchev–Trinajstić information content (AvgIpc) is 2.80. The Morgan fingerprint density at radius 1 is 0.500 bits per heavy atom. The summed E-state index contributed by atoms with van der Waals surface area (Å²) in [5.41, 5.74) is -1.91. The van der Waals surface area contributed by atoms with Crippen LogP contribution in [-0.2, 0) is 0 Å². The summed E-state index contributed by atoms with van der Waals surface area (Å²) in [5.74, 6) is 0. The molecule has 4 aromatic rings. The second-order valence-corrected chi connectivity index (χ2v) is 14.6. The molecule has 4 rings (SSSR count). The van der Waals surface area contributed by atoms with E-state index in [0.29, 0.717) is 0 Å². The van der Waals surface area contributed by atoms with Gasteiger partial charge < -0.3 is 0 Å². The fraction of sp³-hybridized carbons (Fsp3) is 0. The molecule has 0 saturated heterocycles. The van der Waals surface area contributed by atoms with Crippen LogP contribution in [0.4, 0.5) is 0 Å². The molecule has 4 aromatic carbocycles. The van der Waals surface area contributed by atoms with Crippen LogP contribution in [-0.4, -0.2) is 15.1 Å². The molecule has 28 heavy (non-hydrogen) atoms. The van der Waals surface area contributed by atoms with Crippen molar-refractivity contribution in [2.24, 2.45) is 0 Å². The topological polar surface area (TPSA) is 12.0 Å². The monoisotopic (exact) mass is 465 g/mol. The molecule has 0 spiro atoms. The molecule has 0 aliphatic rings. The SMILES string of the molecule is [Se]=P(NP(c1ccccc1)c1ccccc1)(c1ccccc1)c1ccccc1. The van der Waals surface area contributed by atoms with E-state index in [4.69, 9.17) is 0 Å². The first-order chi connectivity index (χ1) is 13.8. The van der Waals surface area contributed by atoms with E-state index in [2.05, 4.69) is 141 Å². The second kappa shape index (κ2) is 9.15. The molecule has 0 saturated carbocycles. The zero-order valence-corrected chi connectivity index (χ0v) is 18.9. The predicted octanol–water partition coefficient (Wildman–Crippen LogP) is 4.29. The molecule has 0 aliphatic carbocycles. The van der Waals surface area contributed by atoms with Gasteiger partial charge in [0.05, 0.1) is 0 Å². The molecule has 0 unspecified atom stereocenters. The number of hydrogen-bond acceptors (Lipinski definition) is 1. The molecule has 1 N–H and O–H groups in total. The van der Waals surface area contributed by atoms with E-state index >= 15 is 0 Å². The number of rotatable bonds is 6. The molecule has 0 bridgehead atoms. The summed E-state index contributed by atoms with van der Waals surface area (Å²) in [7, 11) is -0.718. The summed E-state index contributed by atoms with van der Waals surface area (Å²) in [6.07, 6.45) is 0. The Morgan fingerprint density at radius 2 is 0.821 bits per heavy atom. The summed E-state index contributed by atoms with van der Waals surface area (Å²) in [5, 5.41) is 5.30.